The van der Waals surface area contributed by atoms with Gasteiger partial charge in [-0.2, -0.15) is 0 Å². The third-order valence-electron chi connectivity index (χ3n) is 3.20. The Balaban J connectivity index is 2.00. The summed E-state index contributed by atoms with van der Waals surface area (Å²) in [6.45, 7) is 0.453. The number of amides is 1. The molecule has 1 aromatic rings. The van der Waals surface area contributed by atoms with Crippen molar-refractivity contribution < 1.29 is 18.7 Å². The van der Waals surface area contributed by atoms with Gasteiger partial charge in [0, 0.05) is 31.8 Å². The summed E-state index contributed by atoms with van der Waals surface area (Å²) in [6.07, 6.45) is -0.167. The maximum atomic E-state index is 13.5. The van der Waals surface area contributed by atoms with E-state index in [0.717, 1.165) is 12.1 Å². The predicted octanol–water partition coefficient (Wildman–Crippen LogP) is 0.646. The van der Waals surface area contributed by atoms with Crippen molar-refractivity contribution in [3.63, 3.8) is 0 Å². The van der Waals surface area contributed by atoms with Crippen molar-refractivity contribution in [2.24, 2.45) is 0 Å². The summed E-state index contributed by atoms with van der Waals surface area (Å²) in [5.41, 5.74) is 0.260. The van der Waals surface area contributed by atoms with E-state index in [1.54, 1.807) is 7.05 Å². The number of carbonyl (C=O) groups excluding carboxylic acids is 1. The number of hydrogen-bond donors (Lipinski definition) is 2. The van der Waals surface area contributed by atoms with Gasteiger partial charge in [-0.3, -0.25) is 4.79 Å². The van der Waals surface area contributed by atoms with E-state index >= 15 is 0 Å². The second-order valence-corrected chi connectivity index (χ2v) is 4.78. The van der Waals surface area contributed by atoms with Gasteiger partial charge in [0.25, 0.3) is 0 Å². The van der Waals surface area contributed by atoms with Crippen LogP contribution in [0.3, 0.4) is 0 Å². The molecule has 0 aromatic heterocycles. The first kappa shape index (κ1) is 13.9. The van der Waals surface area contributed by atoms with Crippen LogP contribution in [0.1, 0.15) is 12.0 Å². The molecule has 1 fully saturated rings. The van der Waals surface area contributed by atoms with Crippen LogP contribution in [-0.4, -0.2) is 41.7 Å². The number of nitrogens with zero attached hydrogens (tertiary/aromatic N) is 1. The lowest BCUT2D eigenvalue weighted by Crippen LogP contribution is -2.41. The standard InChI is InChI=1S/C13H16F2N2O2/c1-17(13(19)12-5-10(18)6-16-12)7-8-2-3-9(14)4-11(8)15/h2-4,10,12,16,18H,5-7H2,1H3. The first-order chi connectivity index (χ1) is 8.97. The highest BCUT2D eigenvalue weighted by Gasteiger charge is 2.30. The molecule has 0 bridgehead atoms. The van der Waals surface area contributed by atoms with E-state index in [1.165, 1.54) is 11.0 Å². The second kappa shape index (κ2) is 5.63. The van der Waals surface area contributed by atoms with E-state index in [4.69, 9.17) is 0 Å². The van der Waals surface area contributed by atoms with Crippen molar-refractivity contribution >= 4 is 5.91 Å². The quantitative estimate of drug-likeness (QED) is 0.848. The molecule has 4 nitrogen and oxygen atoms in total. The Morgan fingerprint density at radius 2 is 2.26 bits per heavy atom. The predicted molar refractivity (Wildman–Crippen MR) is 65.2 cm³/mol. The first-order valence-electron chi connectivity index (χ1n) is 6.07. The minimum Gasteiger partial charge on any atom is -0.392 e. The number of benzene rings is 1. The third kappa shape index (κ3) is 3.27. The van der Waals surface area contributed by atoms with Crippen LogP contribution >= 0.6 is 0 Å². The number of carbonyl (C=O) groups is 1. The molecule has 104 valence electrons. The monoisotopic (exact) mass is 270 g/mol. The van der Waals surface area contributed by atoms with Gasteiger partial charge in [-0.25, -0.2) is 8.78 Å². The summed E-state index contributed by atoms with van der Waals surface area (Å²) in [7, 11) is 1.55. The fourth-order valence-electron chi connectivity index (χ4n) is 2.15. The third-order valence-corrected chi connectivity index (χ3v) is 3.20. The second-order valence-electron chi connectivity index (χ2n) is 4.78. The topological polar surface area (TPSA) is 52.6 Å². The van der Waals surface area contributed by atoms with Crippen LogP contribution in [-0.2, 0) is 11.3 Å². The first-order valence-corrected chi connectivity index (χ1v) is 6.07. The largest absolute Gasteiger partial charge is 0.392 e. The molecule has 0 spiro atoms. The van der Waals surface area contributed by atoms with E-state index < -0.39 is 23.8 Å². The van der Waals surface area contributed by atoms with E-state index in [0.29, 0.717) is 13.0 Å². The van der Waals surface area contributed by atoms with Gasteiger partial charge in [-0.05, 0) is 12.5 Å². The van der Waals surface area contributed by atoms with Crippen molar-refractivity contribution in [3.05, 3.63) is 35.4 Å². The summed E-state index contributed by atoms with van der Waals surface area (Å²) in [5, 5.41) is 12.3. The Kier molecular flexibility index (Phi) is 4.11. The molecule has 1 aliphatic heterocycles. The summed E-state index contributed by atoms with van der Waals surface area (Å²) in [6, 6.07) is 2.84. The van der Waals surface area contributed by atoms with Gasteiger partial charge in [0.2, 0.25) is 5.91 Å². The molecule has 2 rings (SSSR count). The zero-order valence-corrected chi connectivity index (χ0v) is 10.6. The Morgan fingerprint density at radius 1 is 1.53 bits per heavy atom. The van der Waals surface area contributed by atoms with Gasteiger partial charge in [-0.1, -0.05) is 6.07 Å². The molecule has 1 aliphatic rings. The number of aliphatic hydroxyl groups is 1. The van der Waals surface area contributed by atoms with E-state index in [2.05, 4.69) is 5.32 Å². The fourth-order valence-corrected chi connectivity index (χ4v) is 2.15. The zero-order chi connectivity index (χ0) is 14.0. The van der Waals surface area contributed by atoms with Crippen LogP contribution < -0.4 is 5.32 Å². The average molecular weight is 270 g/mol. The molecular weight excluding hydrogens is 254 g/mol. The number of nitrogens with one attached hydrogen (secondary N) is 1. The van der Waals surface area contributed by atoms with Crippen LogP contribution in [0.25, 0.3) is 0 Å². The molecule has 2 unspecified atom stereocenters. The molecule has 2 N–H and O–H groups in total. The van der Waals surface area contributed by atoms with Crippen LogP contribution in [0.4, 0.5) is 8.78 Å². The highest BCUT2D eigenvalue weighted by molar-refractivity contribution is 5.82. The van der Waals surface area contributed by atoms with Crippen molar-refractivity contribution in [1.82, 2.24) is 10.2 Å². The number of rotatable bonds is 3. The minimum atomic E-state index is -0.668. The normalized spacial score (nSPS) is 22.5. The number of halogens is 2. The molecule has 2 atom stereocenters. The van der Waals surface area contributed by atoms with E-state index in [9.17, 15) is 18.7 Å². The Labute approximate surface area is 110 Å². The van der Waals surface area contributed by atoms with E-state index in [1.807, 2.05) is 0 Å². The number of aliphatic hydroxyl groups excluding tert-OH is 1. The SMILES string of the molecule is CN(Cc1ccc(F)cc1F)C(=O)C1CC(O)CN1. The number of β-amino-alcohol motifs (C(OH)–C–C–N with tert-alkyl or cyclic N) is 1. The van der Waals surface area contributed by atoms with Crippen LogP contribution in [0.5, 0.6) is 0 Å². The molecule has 1 saturated heterocycles. The lowest BCUT2D eigenvalue weighted by atomic mass is 10.1. The lowest BCUT2D eigenvalue weighted by Gasteiger charge is -2.21. The number of likely N-dealkylation sites (N-methyl/N-ethyl adjacent to an activating group) is 1. The highest BCUT2D eigenvalue weighted by Crippen LogP contribution is 2.14. The van der Waals surface area contributed by atoms with Crippen molar-refractivity contribution in [2.45, 2.75) is 25.1 Å². The Bertz CT molecular complexity index is 482. The maximum Gasteiger partial charge on any atom is 0.239 e. The van der Waals surface area contributed by atoms with Gasteiger partial charge in [0.15, 0.2) is 0 Å². The molecular formula is C13H16F2N2O2. The van der Waals surface area contributed by atoms with Gasteiger partial charge in [-0.15, -0.1) is 0 Å². The molecule has 19 heavy (non-hydrogen) atoms. The summed E-state index contributed by atoms with van der Waals surface area (Å²) in [4.78, 5) is 13.4. The Hall–Kier alpha value is -1.53. The van der Waals surface area contributed by atoms with Gasteiger partial charge < -0.3 is 15.3 Å². The van der Waals surface area contributed by atoms with Gasteiger partial charge in [0.05, 0.1) is 12.1 Å². The van der Waals surface area contributed by atoms with Crippen LogP contribution in [0.2, 0.25) is 0 Å². The molecule has 6 heteroatoms. The van der Waals surface area contributed by atoms with Crippen molar-refractivity contribution in [2.75, 3.05) is 13.6 Å². The molecule has 0 radical (unpaired) electrons. The van der Waals surface area contributed by atoms with E-state index in [-0.39, 0.29) is 18.0 Å². The van der Waals surface area contributed by atoms with Crippen molar-refractivity contribution in [1.29, 1.82) is 0 Å². The summed E-state index contributed by atoms with van der Waals surface area (Å²) >= 11 is 0. The van der Waals surface area contributed by atoms with Crippen LogP contribution in [0, 0.1) is 11.6 Å². The van der Waals surface area contributed by atoms with Crippen molar-refractivity contribution in [3.8, 4) is 0 Å². The summed E-state index contributed by atoms with van der Waals surface area (Å²) in [5.74, 6) is -1.52. The highest BCUT2D eigenvalue weighted by atomic mass is 19.1. The smallest absolute Gasteiger partial charge is 0.239 e. The maximum absolute atomic E-state index is 13.5. The molecule has 0 aliphatic carbocycles. The summed E-state index contributed by atoms with van der Waals surface area (Å²) < 4.78 is 26.3. The fraction of sp³-hybridized carbons (Fsp3) is 0.462. The van der Waals surface area contributed by atoms with Crippen LogP contribution in [0.15, 0.2) is 18.2 Å². The molecule has 1 heterocycles. The molecule has 0 saturated carbocycles. The number of hydrogen-bond acceptors (Lipinski definition) is 3. The Morgan fingerprint density at radius 3 is 2.84 bits per heavy atom. The average Bonchev–Trinajstić information content (AvgIpc) is 2.78. The molecule has 1 amide bonds. The van der Waals surface area contributed by atoms with Gasteiger partial charge >= 0.3 is 0 Å². The van der Waals surface area contributed by atoms with Gasteiger partial charge in [0.1, 0.15) is 11.6 Å². The minimum absolute atomic E-state index is 0.0687. The zero-order valence-electron chi connectivity index (χ0n) is 10.6. The molecule has 1 aromatic carbocycles. The lowest BCUT2D eigenvalue weighted by molar-refractivity contribution is -0.132.